The first-order chi connectivity index (χ1) is 68.6. The Balaban J connectivity index is 0.000000153. The third-order valence-corrected chi connectivity index (χ3v) is 35.8. The van der Waals surface area contributed by atoms with Gasteiger partial charge < -0.3 is 0 Å². The highest BCUT2D eigenvalue weighted by Gasteiger charge is 2.44. The van der Waals surface area contributed by atoms with E-state index in [0.717, 1.165) is 22.3 Å². The van der Waals surface area contributed by atoms with E-state index in [9.17, 15) is 5.26 Å². The number of nitriles is 1. The Bertz CT molecular complexity index is 8260. The summed E-state index contributed by atoms with van der Waals surface area (Å²) in [6.45, 7) is 23.8. The summed E-state index contributed by atoms with van der Waals surface area (Å²) < 4.78 is 0. The van der Waals surface area contributed by atoms with E-state index in [0.29, 0.717) is 5.56 Å². The van der Waals surface area contributed by atoms with Crippen LogP contribution >= 0.6 is 47.0 Å². The summed E-state index contributed by atoms with van der Waals surface area (Å²) in [6, 6.07) is 168. The van der Waals surface area contributed by atoms with Crippen LogP contribution in [0.4, 0.5) is 0 Å². The zero-order valence-electron chi connectivity index (χ0n) is 80.9. The van der Waals surface area contributed by atoms with Crippen molar-refractivity contribution in [2.24, 2.45) is 0 Å². The van der Waals surface area contributed by atoms with Crippen LogP contribution in [0.5, 0.6) is 0 Å². The molecule has 674 valence electrons. The molecule has 0 saturated heterocycles. The van der Waals surface area contributed by atoms with E-state index in [-0.39, 0.29) is 40.5 Å². The Hall–Kier alpha value is -14.3. The van der Waals surface area contributed by atoms with Gasteiger partial charge in [0.15, 0.2) is 0 Å². The molecule has 141 heavy (non-hydrogen) atoms. The summed E-state index contributed by atoms with van der Waals surface area (Å²) >= 11 is 7.72. The number of hydrogen-bond donors (Lipinski definition) is 0. The Kier molecular flexibility index (Phi) is 22.5. The molecule has 0 bridgehead atoms. The number of hydrogen-bond acceptors (Lipinski definition) is 5. The summed E-state index contributed by atoms with van der Waals surface area (Å²) in [4.78, 5) is 10.5. The van der Waals surface area contributed by atoms with Crippen LogP contribution in [0.2, 0.25) is 0 Å². The molecule has 21 aromatic carbocycles. The maximum atomic E-state index is 10.7. The van der Waals surface area contributed by atoms with Crippen molar-refractivity contribution in [2.45, 2.75) is 135 Å². The average Bonchev–Trinajstić information content (AvgIpc) is 0.711. The minimum absolute atomic E-state index is 0.0937. The molecule has 7 heteroatoms. The molecule has 0 N–H and O–H groups in total. The van der Waals surface area contributed by atoms with Crippen LogP contribution < -0.4 is 32.8 Å². The molecule has 21 aromatic rings. The fraction of sp³-hybridized carbons (Fsp3) is 0.112. The third-order valence-electron chi connectivity index (χ3n) is 31.3. The first kappa shape index (κ1) is 89.3. The molecule has 4 aliphatic rings. The van der Waals surface area contributed by atoms with E-state index in [1.165, 1.54) is 215 Å². The van der Waals surface area contributed by atoms with E-state index in [4.69, 9.17) is 0 Å². The van der Waals surface area contributed by atoms with Crippen LogP contribution in [0.25, 0.3) is 110 Å². The first-order valence-electron chi connectivity index (χ1n) is 49.2. The summed E-state index contributed by atoms with van der Waals surface area (Å²) in [5.41, 5.74) is 35.4. The molecule has 0 saturated carbocycles. The van der Waals surface area contributed by atoms with E-state index in [1.807, 2.05) is 47.0 Å². The van der Waals surface area contributed by atoms with Crippen molar-refractivity contribution in [3.8, 4) is 72.8 Å². The summed E-state index contributed by atoms with van der Waals surface area (Å²) in [5.74, 6) is 0. The lowest BCUT2D eigenvalue weighted by Gasteiger charge is -2.36. The molecule has 1 nitrogen and oxygen atoms in total. The number of rotatable bonds is 16. The fourth-order valence-corrected chi connectivity index (χ4v) is 28.1. The normalized spacial score (nSPS) is 13.0. The molecule has 0 spiro atoms. The van der Waals surface area contributed by atoms with Gasteiger partial charge in [-0.2, -0.15) is 5.26 Å². The number of nitrogens with zero attached hydrogens (tertiary/aromatic N) is 1. The van der Waals surface area contributed by atoms with Gasteiger partial charge in [-0.05, 0) is 249 Å². The predicted molar refractivity (Wildman–Crippen MR) is 605 cm³/mol. The molecule has 0 unspecified atom stereocenters. The minimum Gasteiger partial charge on any atom is -0.192 e. The third kappa shape index (κ3) is 15.5. The average molecular weight is 1880 g/mol. The Morgan fingerprint density at radius 2 is 0.383 bits per heavy atom. The van der Waals surface area contributed by atoms with Crippen molar-refractivity contribution in [1.29, 1.82) is 5.26 Å². The Labute approximate surface area is 846 Å². The lowest BCUT2D eigenvalue weighted by Crippen LogP contribution is -2.58. The van der Waals surface area contributed by atoms with Crippen molar-refractivity contribution >= 4 is 136 Å². The highest BCUT2D eigenvalue weighted by molar-refractivity contribution is 8.02. The van der Waals surface area contributed by atoms with Crippen molar-refractivity contribution < 1.29 is 0 Å². The summed E-state index contributed by atoms with van der Waals surface area (Å²) in [5, 5.41) is 20.5. The highest BCUT2D eigenvalue weighted by Crippen LogP contribution is 2.53. The standard InChI is InChI=1S/C71H57BS2.C63H46BNS2/c1-69(2,50-25-13-8-14-26-50)53-35-37-60-62(44-53)73-64-42-48(43-65-68(64)72(60)61-38-36-54(45-63(61)74-65)70(3,4)51-27-15-9-16-28-51)47-39-49(41-55(40-47)71(5,6)52-29-17-10-18-30-52)67-58-33-21-19-31-56(58)66(46-23-11-7-12-24-46)57-32-20-22-34-59(57)67;1-62(2,45-20-10-6-11-21-45)47-28-30-53-55(37-47)66-57-35-43(36-58-61(57)64(53)54-31-29-48(38-56(54)67-58)63(3,4)46-22-12-7-13-23-46)42-32-40(39-65)33-44(34-42)60-51-26-16-14-24-49(51)59(41-18-8-5-9-19-41)50-25-15-17-27-52(50)60/h7-45H,1-6H3;5-38H,1-4H3. The highest BCUT2D eigenvalue weighted by atomic mass is 32.2. The van der Waals surface area contributed by atoms with Gasteiger partial charge in [-0.1, -0.05) is 508 Å². The largest absolute Gasteiger partial charge is 0.247 e. The quantitative estimate of drug-likeness (QED) is 0.0709. The van der Waals surface area contributed by atoms with Crippen LogP contribution in [-0.4, -0.2) is 13.4 Å². The first-order valence-corrected chi connectivity index (χ1v) is 52.5. The summed E-state index contributed by atoms with van der Waals surface area (Å²) in [6.07, 6.45) is 0. The maximum absolute atomic E-state index is 10.7. The van der Waals surface area contributed by atoms with E-state index in [2.05, 4.69) is 518 Å². The van der Waals surface area contributed by atoms with Crippen LogP contribution in [0.3, 0.4) is 0 Å². The molecule has 25 rings (SSSR count). The monoisotopic (exact) mass is 1880 g/mol. The molecule has 0 aliphatic carbocycles. The number of benzene rings is 21. The van der Waals surface area contributed by atoms with Gasteiger partial charge in [0.25, 0.3) is 0 Å². The number of fused-ring (bicyclic) bond motifs is 12. The molecule has 0 fully saturated rings. The van der Waals surface area contributed by atoms with Crippen LogP contribution in [0.1, 0.15) is 130 Å². The summed E-state index contributed by atoms with van der Waals surface area (Å²) in [7, 11) is 0. The van der Waals surface area contributed by atoms with Gasteiger partial charge in [-0.3, -0.25) is 0 Å². The van der Waals surface area contributed by atoms with E-state index >= 15 is 0 Å². The van der Waals surface area contributed by atoms with Gasteiger partial charge >= 0.3 is 0 Å². The smallest absolute Gasteiger partial charge is 0.192 e. The molecule has 4 aliphatic heterocycles. The minimum atomic E-state index is -0.291. The maximum Gasteiger partial charge on any atom is 0.247 e. The molecule has 0 atom stereocenters. The predicted octanol–water partition coefficient (Wildman–Crippen LogP) is 32.4. The van der Waals surface area contributed by atoms with Crippen molar-refractivity contribution in [3.63, 3.8) is 0 Å². The zero-order valence-corrected chi connectivity index (χ0v) is 84.1. The van der Waals surface area contributed by atoms with Crippen molar-refractivity contribution in [1.82, 2.24) is 0 Å². The van der Waals surface area contributed by atoms with Crippen LogP contribution in [0.15, 0.2) is 482 Å². The lowest BCUT2D eigenvalue weighted by atomic mass is 9.36. The molecule has 0 radical (unpaired) electrons. The second-order valence-corrected chi connectivity index (χ2v) is 45.5. The molecule has 0 aromatic heterocycles. The lowest BCUT2D eigenvalue weighted by molar-refractivity contribution is 0.639. The molecular weight excluding hydrogens is 1770 g/mol. The van der Waals surface area contributed by atoms with Gasteiger partial charge in [-0.15, -0.1) is 0 Å². The van der Waals surface area contributed by atoms with E-state index in [1.54, 1.807) is 0 Å². The van der Waals surface area contributed by atoms with Gasteiger partial charge in [0.05, 0.1) is 11.6 Å². The Morgan fingerprint density at radius 1 is 0.177 bits per heavy atom. The molecule has 4 heterocycles. The zero-order chi connectivity index (χ0) is 95.8. The SMILES string of the molecule is CC(C)(c1ccccc1)c1cc(-c2cc3c4c(c2)Sc2cc(C(C)(C)c5ccccc5)ccc2B4c2ccc(C(C)(C)c4ccccc4)cc2S3)cc(-c2c3ccccc3c(-c3ccccc3)c3ccccc23)c1.CC(C)(c1ccccc1)c1ccc2c(c1)Sc1cc(-c3cc(C#N)cc(-c4c5ccccc5c(-c5ccccc5)c5ccccc45)c3)cc3c1B2c1ccc(C(C)(C)c2ccccc2)cc1S3. The van der Waals surface area contributed by atoms with E-state index < -0.39 is 0 Å². The fourth-order valence-electron chi connectivity index (χ4n) is 23.0. The van der Waals surface area contributed by atoms with Crippen molar-refractivity contribution in [2.75, 3.05) is 0 Å². The Morgan fingerprint density at radius 3 is 0.645 bits per heavy atom. The van der Waals surface area contributed by atoms with Crippen LogP contribution in [0, 0.1) is 11.3 Å². The topological polar surface area (TPSA) is 23.8 Å². The van der Waals surface area contributed by atoms with Gasteiger partial charge in [-0.25, -0.2) is 0 Å². The second-order valence-electron chi connectivity index (χ2n) is 41.1. The molecule has 0 amide bonds. The van der Waals surface area contributed by atoms with Crippen molar-refractivity contribution in [3.05, 3.63) is 504 Å². The van der Waals surface area contributed by atoms with Crippen LogP contribution in [-0.2, 0) is 27.1 Å². The van der Waals surface area contributed by atoms with Gasteiger partial charge in [0.2, 0.25) is 13.4 Å². The second kappa shape index (κ2) is 35.5. The molecular formula is C134H103B2NS4. The van der Waals surface area contributed by atoms with Gasteiger partial charge in [0.1, 0.15) is 0 Å². The van der Waals surface area contributed by atoms with Gasteiger partial charge in [0, 0.05) is 66.2 Å².